The molecular formula is C24H33ClO6S. The third-order valence-corrected chi connectivity index (χ3v) is 7.90. The fourth-order valence-corrected chi connectivity index (χ4v) is 5.75. The lowest BCUT2D eigenvalue weighted by atomic mass is 9.94. The molecule has 1 aromatic rings. The van der Waals surface area contributed by atoms with Crippen LogP contribution in [0.3, 0.4) is 0 Å². The summed E-state index contributed by atoms with van der Waals surface area (Å²) in [6.45, 7) is 5.75. The molecule has 0 radical (unpaired) electrons. The van der Waals surface area contributed by atoms with E-state index in [1.165, 1.54) is 18.2 Å². The van der Waals surface area contributed by atoms with Crippen LogP contribution >= 0.6 is 11.6 Å². The van der Waals surface area contributed by atoms with Gasteiger partial charge in [-0.25, -0.2) is 8.42 Å². The van der Waals surface area contributed by atoms with Gasteiger partial charge >= 0.3 is 5.97 Å². The molecule has 1 saturated heterocycles. The lowest BCUT2D eigenvalue weighted by Crippen LogP contribution is -2.46. The molecule has 6 nitrogen and oxygen atoms in total. The van der Waals surface area contributed by atoms with E-state index in [9.17, 15) is 18.3 Å². The lowest BCUT2D eigenvalue weighted by molar-refractivity contribution is -0.296. The number of carboxylic acid groups (broad SMARTS) is 1. The summed E-state index contributed by atoms with van der Waals surface area (Å²) < 4.78 is 35.6. The van der Waals surface area contributed by atoms with Gasteiger partial charge in [0.1, 0.15) is 0 Å². The zero-order valence-corrected chi connectivity index (χ0v) is 20.5. The number of halogens is 1. The fraction of sp³-hybridized carbons (Fsp3) is 0.625. The van der Waals surface area contributed by atoms with E-state index in [1.54, 1.807) is 0 Å². The van der Waals surface area contributed by atoms with Crippen LogP contribution in [0.25, 0.3) is 0 Å². The standard InChI is InChI=1S/C24H33ClO6S/c1-23(2)15-30-24(31-16-23)12-11-17(14-24)7-5-4-6-8-19(22(26)27)18-9-10-21(20(25)13-18)32(3,28)29/h4,6,9-10,13,17,19H,5,7-8,11-12,14-16H2,1-3H3,(H,26,27)/b6-4+/t17-,19?/m0/s1. The summed E-state index contributed by atoms with van der Waals surface area (Å²) in [6.07, 6.45) is 10.1. The van der Waals surface area contributed by atoms with E-state index >= 15 is 0 Å². The second-order valence-electron chi connectivity index (χ2n) is 9.90. The van der Waals surface area contributed by atoms with Crippen molar-refractivity contribution in [1.29, 1.82) is 0 Å². The van der Waals surface area contributed by atoms with Gasteiger partial charge in [0, 0.05) is 24.5 Å². The highest BCUT2D eigenvalue weighted by Gasteiger charge is 2.45. The first-order valence-electron chi connectivity index (χ1n) is 11.1. The van der Waals surface area contributed by atoms with Gasteiger partial charge in [0.05, 0.1) is 29.0 Å². The van der Waals surface area contributed by atoms with Crippen LogP contribution in [-0.4, -0.2) is 44.8 Å². The highest BCUT2D eigenvalue weighted by Crippen LogP contribution is 2.44. The van der Waals surface area contributed by atoms with Crippen molar-refractivity contribution in [3.05, 3.63) is 40.9 Å². The quantitative estimate of drug-likeness (QED) is 0.509. The summed E-state index contributed by atoms with van der Waals surface area (Å²) >= 11 is 6.09. The minimum absolute atomic E-state index is 0.00595. The van der Waals surface area contributed by atoms with Crippen LogP contribution < -0.4 is 0 Å². The molecule has 1 heterocycles. The Morgan fingerprint density at radius 3 is 2.56 bits per heavy atom. The molecule has 1 spiro atoms. The van der Waals surface area contributed by atoms with E-state index < -0.39 is 27.5 Å². The molecule has 1 saturated carbocycles. The van der Waals surface area contributed by atoms with Crippen LogP contribution in [0.15, 0.2) is 35.2 Å². The van der Waals surface area contributed by atoms with Crippen LogP contribution in [-0.2, 0) is 24.1 Å². The molecule has 8 heteroatoms. The predicted molar refractivity (Wildman–Crippen MR) is 124 cm³/mol. The number of sulfone groups is 1. The number of aliphatic carboxylic acids is 1. The topological polar surface area (TPSA) is 89.9 Å². The van der Waals surface area contributed by atoms with Crippen molar-refractivity contribution in [2.45, 2.75) is 69.0 Å². The van der Waals surface area contributed by atoms with E-state index in [2.05, 4.69) is 13.8 Å². The number of rotatable bonds is 8. The summed E-state index contributed by atoms with van der Waals surface area (Å²) in [7, 11) is -3.46. The zero-order valence-electron chi connectivity index (χ0n) is 19.0. The molecule has 2 fully saturated rings. The Balaban J connectivity index is 1.50. The van der Waals surface area contributed by atoms with Crippen LogP contribution in [0.4, 0.5) is 0 Å². The molecule has 1 aliphatic carbocycles. The number of ether oxygens (including phenoxy) is 2. The number of carbonyl (C=O) groups is 1. The Kier molecular flexibility index (Phi) is 7.75. The van der Waals surface area contributed by atoms with Crippen LogP contribution in [0.2, 0.25) is 5.02 Å². The maximum Gasteiger partial charge on any atom is 0.311 e. The first-order chi connectivity index (χ1) is 14.9. The molecule has 2 atom stereocenters. The maximum atomic E-state index is 11.8. The average Bonchev–Trinajstić information content (AvgIpc) is 3.09. The number of hydrogen-bond donors (Lipinski definition) is 1. The molecule has 1 aliphatic heterocycles. The van der Waals surface area contributed by atoms with Gasteiger partial charge in [0.15, 0.2) is 15.6 Å². The van der Waals surface area contributed by atoms with Gasteiger partial charge in [0.25, 0.3) is 0 Å². The minimum atomic E-state index is -3.46. The van der Waals surface area contributed by atoms with Crippen molar-refractivity contribution in [1.82, 2.24) is 0 Å². The number of benzene rings is 1. The van der Waals surface area contributed by atoms with Gasteiger partial charge in [-0.1, -0.05) is 43.7 Å². The van der Waals surface area contributed by atoms with E-state index in [-0.39, 0.29) is 15.3 Å². The van der Waals surface area contributed by atoms with Gasteiger partial charge in [-0.15, -0.1) is 0 Å². The Hall–Kier alpha value is -1.41. The molecule has 1 N–H and O–H groups in total. The van der Waals surface area contributed by atoms with Gasteiger partial charge < -0.3 is 14.6 Å². The molecule has 32 heavy (non-hydrogen) atoms. The Bertz CT molecular complexity index is 959. The predicted octanol–water partition coefficient (Wildman–Crippen LogP) is 5.21. The summed E-state index contributed by atoms with van der Waals surface area (Å²) in [4.78, 5) is 11.8. The summed E-state index contributed by atoms with van der Waals surface area (Å²) in [6, 6.07) is 4.34. The molecule has 0 amide bonds. The maximum absolute atomic E-state index is 11.8. The highest BCUT2D eigenvalue weighted by molar-refractivity contribution is 7.90. The van der Waals surface area contributed by atoms with Crippen LogP contribution in [0.5, 0.6) is 0 Å². The third-order valence-electron chi connectivity index (χ3n) is 6.32. The number of allylic oxidation sites excluding steroid dienone is 2. The minimum Gasteiger partial charge on any atom is -0.481 e. The van der Waals surface area contributed by atoms with Crippen molar-refractivity contribution in [3.8, 4) is 0 Å². The number of hydrogen-bond acceptors (Lipinski definition) is 5. The van der Waals surface area contributed by atoms with Crippen LogP contribution in [0, 0.1) is 11.3 Å². The largest absolute Gasteiger partial charge is 0.481 e. The smallest absolute Gasteiger partial charge is 0.311 e. The third kappa shape index (κ3) is 6.34. The number of carboxylic acids is 1. The molecular weight excluding hydrogens is 452 g/mol. The summed E-state index contributed by atoms with van der Waals surface area (Å²) in [5.41, 5.74) is 0.564. The second-order valence-corrected chi connectivity index (χ2v) is 12.3. The van der Waals surface area contributed by atoms with Gasteiger partial charge in [-0.05, 0) is 49.3 Å². The average molecular weight is 485 g/mol. The molecule has 0 bridgehead atoms. The van der Waals surface area contributed by atoms with E-state index in [0.29, 0.717) is 17.9 Å². The molecule has 2 aliphatic rings. The van der Waals surface area contributed by atoms with Crippen molar-refractivity contribution in [3.63, 3.8) is 0 Å². The zero-order chi connectivity index (χ0) is 23.6. The van der Waals surface area contributed by atoms with Gasteiger partial charge in [-0.3, -0.25) is 4.79 Å². The highest BCUT2D eigenvalue weighted by atomic mass is 35.5. The van der Waals surface area contributed by atoms with Crippen molar-refractivity contribution >= 4 is 27.4 Å². The van der Waals surface area contributed by atoms with Gasteiger partial charge in [-0.2, -0.15) is 0 Å². The first-order valence-corrected chi connectivity index (χ1v) is 13.3. The lowest BCUT2D eigenvalue weighted by Gasteiger charge is -2.41. The van der Waals surface area contributed by atoms with Crippen molar-refractivity contribution in [2.75, 3.05) is 19.5 Å². The monoisotopic (exact) mass is 484 g/mol. The Morgan fingerprint density at radius 2 is 1.97 bits per heavy atom. The van der Waals surface area contributed by atoms with E-state index in [0.717, 1.165) is 51.6 Å². The molecule has 3 rings (SSSR count). The first kappa shape index (κ1) is 25.2. The van der Waals surface area contributed by atoms with Crippen molar-refractivity contribution < 1.29 is 27.8 Å². The molecule has 178 valence electrons. The normalized spacial score (nSPS) is 23.6. The molecule has 0 aromatic heterocycles. The summed E-state index contributed by atoms with van der Waals surface area (Å²) in [5.74, 6) is -1.61. The molecule has 1 aromatic carbocycles. The van der Waals surface area contributed by atoms with Crippen LogP contribution in [0.1, 0.15) is 63.9 Å². The van der Waals surface area contributed by atoms with E-state index in [4.69, 9.17) is 21.1 Å². The van der Waals surface area contributed by atoms with Gasteiger partial charge in [0.2, 0.25) is 0 Å². The molecule has 1 unspecified atom stereocenters. The second kappa shape index (κ2) is 9.84. The Morgan fingerprint density at radius 1 is 1.28 bits per heavy atom. The SMILES string of the molecule is CC1(C)COC2(CC[C@H](CC/C=C/CC(C(=O)O)c3ccc(S(C)(=O)=O)c(Cl)c3)C2)OC1. The fourth-order valence-electron chi connectivity index (χ4n) is 4.41. The summed E-state index contributed by atoms with van der Waals surface area (Å²) in [5, 5.41) is 9.68. The van der Waals surface area contributed by atoms with Crippen molar-refractivity contribution in [2.24, 2.45) is 11.3 Å². The van der Waals surface area contributed by atoms with E-state index in [1.807, 2.05) is 12.2 Å². The Labute approximate surface area is 195 Å².